The number of aromatic hydroxyl groups is 1. The Labute approximate surface area is 138 Å². The largest absolute Gasteiger partial charge is 0.507 e. The highest BCUT2D eigenvalue weighted by molar-refractivity contribution is 6.31. The third kappa shape index (κ3) is 4.02. The minimum atomic E-state index is -1.01. The Morgan fingerprint density at radius 1 is 1.13 bits per heavy atom. The van der Waals surface area contributed by atoms with E-state index in [1.54, 1.807) is 24.3 Å². The van der Waals surface area contributed by atoms with Crippen LogP contribution in [0.2, 0.25) is 5.02 Å². The lowest BCUT2D eigenvalue weighted by atomic mass is 10.1. The number of ketones is 1. The molecule has 6 heteroatoms. The van der Waals surface area contributed by atoms with Crippen LogP contribution in [0.4, 0.5) is 0 Å². The summed E-state index contributed by atoms with van der Waals surface area (Å²) in [4.78, 5) is 24.3. The maximum absolute atomic E-state index is 12.3. The molecule has 0 aliphatic heterocycles. The van der Waals surface area contributed by atoms with Gasteiger partial charge in [0.1, 0.15) is 17.1 Å². The Hall–Kier alpha value is -2.53. The van der Waals surface area contributed by atoms with Gasteiger partial charge in [0.15, 0.2) is 6.10 Å². The van der Waals surface area contributed by atoms with E-state index < -0.39 is 12.1 Å². The van der Waals surface area contributed by atoms with Gasteiger partial charge in [-0.3, -0.25) is 4.79 Å². The van der Waals surface area contributed by atoms with Crippen molar-refractivity contribution in [1.29, 1.82) is 0 Å². The van der Waals surface area contributed by atoms with Crippen LogP contribution < -0.4 is 4.74 Å². The van der Waals surface area contributed by atoms with E-state index in [1.807, 2.05) is 0 Å². The predicted molar refractivity (Wildman–Crippen MR) is 85.3 cm³/mol. The van der Waals surface area contributed by atoms with Crippen LogP contribution in [0, 0.1) is 0 Å². The number of phenolic OH excluding ortho intramolecular Hbond substituents is 1. The van der Waals surface area contributed by atoms with E-state index in [-0.39, 0.29) is 22.1 Å². The van der Waals surface area contributed by atoms with Gasteiger partial charge in [-0.1, -0.05) is 11.6 Å². The summed E-state index contributed by atoms with van der Waals surface area (Å²) in [5.74, 6) is -0.819. The Morgan fingerprint density at radius 2 is 1.78 bits per heavy atom. The molecule has 1 N–H and O–H groups in total. The molecule has 0 amide bonds. The third-order valence-corrected chi connectivity index (χ3v) is 3.44. The standard InChI is InChI=1S/C17H15ClO5/c1-10(16(20)11-3-6-13(22-2)7-4-11)23-17(21)14-9-12(18)5-8-15(14)19/h3-10,19H,1-2H3/t10-/m1/s1. The van der Waals surface area contributed by atoms with E-state index in [0.29, 0.717) is 11.3 Å². The second kappa shape index (κ2) is 7.15. The fourth-order valence-electron chi connectivity index (χ4n) is 1.94. The molecule has 0 spiro atoms. The molecule has 0 aromatic heterocycles. The molecule has 0 aliphatic rings. The van der Waals surface area contributed by atoms with Crippen molar-refractivity contribution < 1.29 is 24.2 Å². The second-order valence-corrected chi connectivity index (χ2v) is 5.24. The summed E-state index contributed by atoms with van der Waals surface area (Å²) in [6, 6.07) is 10.5. The molecule has 2 rings (SSSR count). The molecule has 23 heavy (non-hydrogen) atoms. The molecule has 5 nitrogen and oxygen atoms in total. The molecule has 2 aromatic carbocycles. The lowest BCUT2D eigenvalue weighted by molar-refractivity contribution is 0.0316. The Bertz CT molecular complexity index is 724. The number of ether oxygens (including phenoxy) is 2. The molecule has 0 radical (unpaired) electrons. The van der Waals surface area contributed by atoms with Gasteiger partial charge >= 0.3 is 5.97 Å². The first-order valence-electron chi connectivity index (χ1n) is 6.80. The number of benzene rings is 2. The smallest absolute Gasteiger partial charge is 0.342 e. The van der Waals surface area contributed by atoms with Crippen LogP contribution in [-0.2, 0) is 4.74 Å². The summed E-state index contributed by atoms with van der Waals surface area (Å²) in [7, 11) is 1.53. The van der Waals surface area contributed by atoms with E-state index in [9.17, 15) is 14.7 Å². The minimum Gasteiger partial charge on any atom is -0.507 e. The Balaban J connectivity index is 2.10. The molecular weight excluding hydrogens is 320 g/mol. The van der Waals surface area contributed by atoms with Crippen molar-refractivity contribution in [2.75, 3.05) is 7.11 Å². The van der Waals surface area contributed by atoms with Crippen LogP contribution in [0.5, 0.6) is 11.5 Å². The van der Waals surface area contributed by atoms with Gasteiger partial charge in [0, 0.05) is 10.6 Å². The van der Waals surface area contributed by atoms with Crippen molar-refractivity contribution in [3.05, 3.63) is 58.6 Å². The molecular formula is C17H15ClO5. The summed E-state index contributed by atoms with van der Waals surface area (Å²) in [5, 5.41) is 9.95. The van der Waals surface area contributed by atoms with Crippen LogP contribution in [-0.4, -0.2) is 30.1 Å². The van der Waals surface area contributed by atoms with Gasteiger partial charge in [-0.05, 0) is 49.4 Å². The van der Waals surface area contributed by atoms with Crippen LogP contribution in [0.15, 0.2) is 42.5 Å². The molecule has 1 atom stereocenters. The molecule has 0 bridgehead atoms. The third-order valence-electron chi connectivity index (χ3n) is 3.21. The number of hydrogen-bond donors (Lipinski definition) is 1. The zero-order chi connectivity index (χ0) is 17.0. The first kappa shape index (κ1) is 16.8. The molecule has 0 unspecified atom stereocenters. The highest BCUT2D eigenvalue weighted by Gasteiger charge is 2.22. The van der Waals surface area contributed by atoms with Crippen LogP contribution in [0.25, 0.3) is 0 Å². The van der Waals surface area contributed by atoms with Gasteiger partial charge in [-0.25, -0.2) is 4.79 Å². The SMILES string of the molecule is COc1ccc(C(=O)[C@@H](C)OC(=O)c2cc(Cl)ccc2O)cc1. The molecule has 0 aliphatic carbocycles. The predicted octanol–water partition coefficient (Wildman–Crippen LogP) is 3.48. The molecule has 0 saturated heterocycles. The molecule has 0 heterocycles. The van der Waals surface area contributed by atoms with Crippen molar-refractivity contribution in [3.63, 3.8) is 0 Å². The van der Waals surface area contributed by atoms with E-state index >= 15 is 0 Å². The van der Waals surface area contributed by atoms with Gasteiger partial charge in [0.05, 0.1) is 7.11 Å². The van der Waals surface area contributed by atoms with Gasteiger partial charge in [-0.15, -0.1) is 0 Å². The number of phenols is 1. The first-order valence-corrected chi connectivity index (χ1v) is 7.18. The van der Waals surface area contributed by atoms with E-state index in [0.717, 1.165) is 0 Å². The van der Waals surface area contributed by atoms with Gasteiger partial charge in [0.2, 0.25) is 5.78 Å². The lowest BCUT2D eigenvalue weighted by Crippen LogP contribution is -2.24. The average Bonchev–Trinajstić information content (AvgIpc) is 2.56. The highest BCUT2D eigenvalue weighted by atomic mass is 35.5. The summed E-state index contributed by atoms with van der Waals surface area (Å²) in [6.07, 6.45) is -1.01. The topological polar surface area (TPSA) is 72.8 Å². The summed E-state index contributed by atoms with van der Waals surface area (Å²) >= 11 is 5.79. The number of halogens is 1. The summed E-state index contributed by atoms with van der Waals surface area (Å²) < 4.78 is 10.1. The van der Waals surface area contributed by atoms with Crippen LogP contribution >= 0.6 is 11.6 Å². The normalized spacial score (nSPS) is 11.6. The fraction of sp³-hybridized carbons (Fsp3) is 0.176. The Morgan fingerprint density at radius 3 is 2.39 bits per heavy atom. The van der Waals surface area contributed by atoms with E-state index in [1.165, 1.54) is 32.2 Å². The molecule has 0 saturated carbocycles. The summed E-state index contributed by atoms with van der Waals surface area (Å²) in [6.45, 7) is 1.46. The monoisotopic (exact) mass is 334 g/mol. The fourth-order valence-corrected chi connectivity index (χ4v) is 2.11. The van der Waals surface area contributed by atoms with Crippen LogP contribution in [0.3, 0.4) is 0 Å². The van der Waals surface area contributed by atoms with Crippen molar-refractivity contribution in [1.82, 2.24) is 0 Å². The van der Waals surface area contributed by atoms with Crippen molar-refractivity contribution in [2.24, 2.45) is 0 Å². The maximum atomic E-state index is 12.3. The summed E-state index contributed by atoms with van der Waals surface area (Å²) in [5.41, 5.74) is 0.299. The lowest BCUT2D eigenvalue weighted by Gasteiger charge is -2.13. The maximum Gasteiger partial charge on any atom is 0.342 e. The zero-order valence-electron chi connectivity index (χ0n) is 12.6. The number of methoxy groups -OCH3 is 1. The van der Waals surface area contributed by atoms with Crippen molar-refractivity contribution in [3.8, 4) is 11.5 Å². The number of carbonyl (C=O) groups is 2. The number of rotatable bonds is 5. The highest BCUT2D eigenvalue weighted by Crippen LogP contribution is 2.23. The quantitative estimate of drug-likeness (QED) is 0.669. The second-order valence-electron chi connectivity index (χ2n) is 4.80. The van der Waals surface area contributed by atoms with Crippen molar-refractivity contribution >= 4 is 23.4 Å². The minimum absolute atomic E-state index is 0.0909. The molecule has 120 valence electrons. The van der Waals surface area contributed by atoms with Gasteiger partial charge in [0.25, 0.3) is 0 Å². The zero-order valence-corrected chi connectivity index (χ0v) is 13.3. The molecule has 0 fully saturated rings. The first-order chi connectivity index (χ1) is 10.9. The number of carbonyl (C=O) groups excluding carboxylic acids is 2. The van der Waals surface area contributed by atoms with E-state index in [4.69, 9.17) is 21.1 Å². The number of esters is 1. The Kier molecular flexibility index (Phi) is 5.24. The molecule has 2 aromatic rings. The average molecular weight is 335 g/mol. The van der Waals surface area contributed by atoms with E-state index in [2.05, 4.69) is 0 Å². The number of hydrogen-bond acceptors (Lipinski definition) is 5. The van der Waals surface area contributed by atoms with Crippen LogP contribution in [0.1, 0.15) is 27.6 Å². The van der Waals surface area contributed by atoms with Crippen molar-refractivity contribution in [2.45, 2.75) is 13.0 Å². The van der Waals surface area contributed by atoms with Gasteiger partial charge < -0.3 is 14.6 Å². The number of Topliss-reactive ketones (excluding diaryl/α,β-unsaturated/α-hetero) is 1. The van der Waals surface area contributed by atoms with Gasteiger partial charge in [-0.2, -0.15) is 0 Å².